The van der Waals surface area contributed by atoms with E-state index in [9.17, 15) is 13.6 Å². The Labute approximate surface area is 189 Å². The number of rotatable bonds is 8. The van der Waals surface area contributed by atoms with Crippen LogP contribution in [-0.4, -0.2) is 25.4 Å². The number of aldehydes is 1. The number of hydrogen-bond donors (Lipinski definition) is 2. The van der Waals surface area contributed by atoms with Crippen molar-refractivity contribution < 1.29 is 18.3 Å². The summed E-state index contributed by atoms with van der Waals surface area (Å²) in [6, 6.07) is 11.0. The van der Waals surface area contributed by atoms with Gasteiger partial charge in [-0.2, -0.15) is 0 Å². The van der Waals surface area contributed by atoms with Gasteiger partial charge < -0.3 is 19.6 Å². The van der Waals surface area contributed by atoms with E-state index in [2.05, 4.69) is 15.0 Å². The number of pyridine rings is 1. The molecule has 0 amide bonds. The standard InChI is InChI=1S/C24H23F2N3O2S/c1-27-23-18(15-4-7-22(31-2)28-13-15)11-17(12-19(23)24(14-30)8-3-9-24)29-32-21-6-5-16(25)10-20(21)26/h4-7,10-14,27,29H,3,8-9H2,1-2H3. The Hall–Kier alpha value is -3.13. The molecule has 2 aromatic carbocycles. The number of methoxy groups -OCH3 is 1. The number of ether oxygens (including phenoxy) is 1. The van der Waals surface area contributed by atoms with Gasteiger partial charge in [0.1, 0.15) is 17.9 Å². The van der Waals surface area contributed by atoms with Crippen LogP contribution in [0, 0.1) is 11.6 Å². The molecule has 0 aliphatic heterocycles. The Balaban J connectivity index is 1.78. The van der Waals surface area contributed by atoms with E-state index in [1.807, 2.05) is 25.2 Å². The Morgan fingerprint density at radius 2 is 1.97 bits per heavy atom. The summed E-state index contributed by atoms with van der Waals surface area (Å²) in [5.41, 5.74) is 3.58. The van der Waals surface area contributed by atoms with Gasteiger partial charge in [0.25, 0.3) is 0 Å². The molecular formula is C24H23F2N3O2S. The monoisotopic (exact) mass is 455 g/mol. The fourth-order valence-electron chi connectivity index (χ4n) is 3.93. The lowest BCUT2D eigenvalue weighted by atomic mass is 9.64. The molecule has 0 spiro atoms. The van der Waals surface area contributed by atoms with Gasteiger partial charge in [0, 0.05) is 47.9 Å². The molecule has 166 valence electrons. The Bertz CT molecular complexity index is 1130. The van der Waals surface area contributed by atoms with E-state index in [0.717, 1.165) is 65.9 Å². The molecule has 0 radical (unpaired) electrons. The maximum atomic E-state index is 14.1. The van der Waals surface area contributed by atoms with Crippen molar-refractivity contribution in [3.63, 3.8) is 0 Å². The minimum atomic E-state index is -0.641. The molecule has 8 heteroatoms. The third kappa shape index (κ3) is 4.14. The van der Waals surface area contributed by atoms with Gasteiger partial charge in [-0.1, -0.05) is 6.42 Å². The normalized spacial score (nSPS) is 14.4. The fourth-order valence-corrected chi connectivity index (χ4v) is 4.57. The highest BCUT2D eigenvalue weighted by Crippen LogP contribution is 2.48. The minimum absolute atomic E-state index is 0.270. The van der Waals surface area contributed by atoms with E-state index >= 15 is 0 Å². The van der Waals surface area contributed by atoms with Crippen LogP contribution >= 0.6 is 11.9 Å². The molecule has 5 nitrogen and oxygen atoms in total. The van der Waals surface area contributed by atoms with E-state index in [1.54, 1.807) is 19.4 Å². The molecule has 4 rings (SSSR count). The van der Waals surface area contributed by atoms with Gasteiger partial charge in [-0.15, -0.1) is 0 Å². The van der Waals surface area contributed by atoms with Gasteiger partial charge in [-0.25, -0.2) is 13.8 Å². The molecule has 1 heterocycles. The molecule has 1 aromatic heterocycles. The van der Waals surface area contributed by atoms with Gasteiger partial charge in [-0.05, 0) is 60.7 Å². The lowest BCUT2D eigenvalue weighted by Gasteiger charge is -2.39. The number of carbonyl (C=O) groups is 1. The number of halogens is 2. The van der Waals surface area contributed by atoms with Crippen molar-refractivity contribution in [3.05, 3.63) is 65.9 Å². The first-order valence-electron chi connectivity index (χ1n) is 10.2. The zero-order chi connectivity index (χ0) is 22.7. The molecule has 2 N–H and O–H groups in total. The third-order valence-corrected chi connectivity index (χ3v) is 6.71. The van der Waals surface area contributed by atoms with E-state index in [1.165, 1.54) is 12.1 Å². The predicted molar refractivity (Wildman–Crippen MR) is 123 cm³/mol. The second-order valence-corrected chi connectivity index (χ2v) is 8.54. The SMILES string of the molecule is CNc1c(-c2ccc(OC)nc2)cc(NSc2ccc(F)cc2F)cc1C1(C=O)CCC1. The second-order valence-electron chi connectivity index (χ2n) is 7.69. The van der Waals surface area contributed by atoms with Crippen LogP contribution < -0.4 is 14.8 Å². The number of hydrogen-bond acceptors (Lipinski definition) is 6. The highest BCUT2D eigenvalue weighted by atomic mass is 32.2. The van der Waals surface area contributed by atoms with Crippen molar-refractivity contribution in [2.45, 2.75) is 29.6 Å². The molecule has 0 bridgehead atoms. The van der Waals surface area contributed by atoms with Crippen LogP contribution in [0.1, 0.15) is 24.8 Å². The average molecular weight is 456 g/mol. The average Bonchev–Trinajstić information content (AvgIpc) is 2.78. The summed E-state index contributed by atoms with van der Waals surface area (Å²) < 4.78 is 35.6. The van der Waals surface area contributed by atoms with E-state index in [-0.39, 0.29) is 4.90 Å². The molecule has 3 aromatic rings. The largest absolute Gasteiger partial charge is 0.481 e. The van der Waals surface area contributed by atoms with E-state index in [0.29, 0.717) is 11.6 Å². The lowest BCUT2D eigenvalue weighted by Crippen LogP contribution is -2.36. The molecular weight excluding hydrogens is 432 g/mol. The van der Waals surface area contributed by atoms with Gasteiger partial charge in [0.05, 0.1) is 17.4 Å². The number of nitrogens with zero attached hydrogens (tertiary/aromatic N) is 1. The van der Waals surface area contributed by atoms with Crippen LogP contribution in [0.3, 0.4) is 0 Å². The number of benzene rings is 2. The smallest absolute Gasteiger partial charge is 0.212 e. The van der Waals surface area contributed by atoms with Gasteiger partial charge in [0.15, 0.2) is 0 Å². The Morgan fingerprint density at radius 3 is 2.53 bits per heavy atom. The number of nitrogens with one attached hydrogen (secondary N) is 2. The molecule has 1 aliphatic carbocycles. The molecule has 0 saturated heterocycles. The highest BCUT2D eigenvalue weighted by Gasteiger charge is 2.41. The van der Waals surface area contributed by atoms with Crippen LogP contribution in [0.2, 0.25) is 0 Å². The summed E-state index contributed by atoms with van der Waals surface area (Å²) in [4.78, 5) is 16.7. The van der Waals surface area contributed by atoms with Crippen molar-refractivity contribution in [1.29, 1.82) is 0 Å². The van der Waals surface area contributed by atoms with Crippen molar-refractivity contribution in [2.24, 2.45) is 0 Å². The molecule has 1 aliphatic rings. The van der Waals surface area contributed by atoms with Crippen molar-refractivity contribution in [1.82, 2.24) is 4.98 Å². The first-order valence-corrected chi connectivity index (χ1v) is 11.0. The van der Waals surface area contributed by atoms with Crippen LogP contribution in [0.25, 0.3) is 11.1 Å². The van der Waals surface area contributed by atoms with Crippen molar-refractivity contribution >= 4 is 29.6 Å². The zero-order valence-electron chi connectivity index (χ0n) is 17.7. The molecule has 0 unspecified atom stereocenters. The summed E-state index contributed by atoms with van der Waals surface area (Å²) >= 11 is 1.05. The Morgan fingerprint density at radius 1 is 1.16 bits per heavy atom. The van der Waals surface area contributed by atoms with Crippen LogP contribution in [0.15, 0.2) is 53.6 Å². The summed E-state index contributed by atoms with van der Waals surface area (Å²) in [6.45, 7) is 0. The summed E-state index contributed by atoms with van der Waals surface area (Å²) in [5.74, 6) is -0.767. The zero-order valence-corrected chi connectivity index (χ0v) is 18.6. The molecule has 0 atom stereocenters. The van der Waals surface area contributed by atoms with Gasteiger partial charge in [-0.3, -0.25) is 0 Å². The number of anilines is 2. The molecule has 1 fully saturated rings. The summed E-state index contributed by atoms with van der Waals surface area (Å²) in [5, 5.41) is 3.26. The topological polar surface area (TPSA) is 63.2 Å². The predicted octanol–water partition coefficient (Wildman–Crippen LogP) is 5.82. The summed E-state index contributed by atoms with van der Waals surface area (Å²) in [7, 11) is 3.38. The first-order chi connectivity index (χ1) is 15.5. The minimum Gasteiger partial charge on any atom is -0.481 e. The van der Waals surface area contributed by atoms with Crippen molar-refractivity contribution in [3.8, 4) is 17.0 Å². The van der Waals surface area contributed by atoms with Gasteiger partial charge >= 0.3 is 0 Å². The fraction of sp³-hybridized carbons (Fsp3) is 0.250. The van der Waals surface area contributed by atoms with Crippen LogP contribution in [-0.2, 0) is 10.2 Å². The maximum absolute atomic E-state index is 14.1. The first kappa shape index (κ1) is 22.1. The van der Waals surface area contributed by atoms with Crippen molar-refractivity contribution in [2.75, 3.05) is 24.2 Å². The summed E-state index contributed by atoms with van der Waals surface area (Å²) in [6.07, 6.45) is 5.26. The number of carbonyl (C=O) groups excluding carboxylic acids is 1. The quantitative estimate of drug-likeness (QED) is 0.330. The molecule has 32 heavy (non-hydrogen) atoms. The Kier molecular flexibility index (Phi) is 6.32. The van der Waals surface area contributed by atoms with Crippen LogP contribution in [0.4, 0.5) is 20.2 Å². The molecule has 1 saturated carbocycles. The van der Waals surface area contributed by atoms with Crippen LogP contribution in [0.5, 0.6) is 5.88 Å². The third-order valence-electron chi connectivity index (χ3n) is 5.83. The van der Waals surface area contributed by atoms with E-state index < -0.39 is 17.0 Å². The van der Waals surface area contributed by atoms with E-state index in [4.69, 9.17) is 4.74 Å². The number of aromatic nitrogens is 1. The highest BCUT2D eigenvalue weighted by molar-refractivity contribution is 8.00. The second kappa shape index (κ2) is 9.16. The van der Waals surface area contributed by atoms with Gasteiger partial charge in [0.2, 0.25) is 5.88 Å². The lowest BCUT2D eigenvalue weighted by molar-refractivity contribution is -0.115. The maximum Gasteiger partial charge on any atom is 0.212 e.